The molecule has 5 saturated heterocycles. The molecule has 3 N–H and O–H groups in total. The van der Waals surface area contributed by atoms with E-state index in [-0.39, 0.29) is 36.4 Å². The summed E-state index contributed by atoms with van der Waals surface area (Å²) in [5, 5.41) is 34.2. The fourth-order valence-corrected chi connectivity index (χ4v) is 10.9. The summed E-state index contributed by atoms with van der Waals surface area (Å²) < 4.78 is 63.9. The zero-order valence-corrected chi connectivity index (χ0v) is 38.5. The fraction of sp³-hybridized carbons (Fsp3) is 0.812. The Balaban J connectivity index is 1.18. The summed E-state index contributed by atoms with van der Waals surface area (Å²) in [7, 11) is 3.23. The minimum Gasteiger partial charge on any atom is -0.459 e. The molecule has 20 atom stereocenters. The van der Waals surface area contributed by atoms with Gasteiger partial charge in [-0.25, -0.2) is 4.79 Å². The van der Waals surface area contributed by atoms with Gasteiger partial charge in [-0.2, -0.15) is 0 Å². The topological polar surface area (TPSA) is 170 Å². The van der Waals surface area contributed by atoms with Gasteiger partial charge in [0.05, 0.1) is 61.0 Å². The molecule has 6 aliphatic heterocycles. The number of fused-ring (bicyclic) bond motifs is 2. The minimum atomic E-state index is -1.88. The Bertz CT molecular complexity index is 1680. The molecular weight excluding hydrogens is 801 g/mol. The molecule has 62 heavy (non-hydrogen) atoms. The van der Waals surface area contributed by atoms with Gasteiger partial charge in [-0.15, -0.1) is 0 Å². The molecule has 2 bridgehead atoms. The molecule has 0 aromatic carbocycles. The maximum Gasteiger partial charge on any atom is 0.337 e. The van der Waals surface area contributed by atoms with Crippen LogP contribution in [-0.2, 0) is 52.2 Å². The van der Waals surface area contributed by atoms with Crippen molar-refractivity contribution in [1.82, 2.24) is 0 Å². The van der Waals surface area contributed by atoms with Crippen LogP contribution in [0.25, 0.3) is 0 Å². The lowest BCUT2D eigenvalue weighted by atomic mass is 9.72. The molecule has 350 valence electrons. The smallest absolute Gasteiger partial charge is 0.337 e. The monoisotopic (exact) mass is 875 g/mol. The number of carbonyl (C=O) groups excluding carboxylic acids is 1. The predicted octanol–water partition coefficient (Wildman–Crippen LogP) is 5.60. The first-order valence-electron chi connectivity index (χ1n) is 23.2. The highest BCUT2D eigenvalue weighted by atomic mass is 16.7. The summed E-state index contributed by atoms with van der Waals surface area (Å²) in [5.74, 6) is -1.53. The lowest BCUT2D eigenvalue weighted by molar-refractivity contribution is -0.340. The van der Waals surface area contributed by atoms with Gasteiger partial charge in [0, 0.05) is 58.2 Å². The zero-order chi connectivity index (χ0) is 44.7. The number of carbonyl (C=O) groups is 1. The van der Waals surface area contributed by atoms with Gasteiger partial charge in [-0.3, -0.25) is 0 Å². The number of methoxy groups -OCH3 is 2. The Morgan fingerprint density at radius 2 is 1.61 bits per heavy atom. The van der Waals surface area contributed by atoms with Crippen molar-refractivity contribution < 1.29 is 67.5 Å². The standard InChI is InChI=1S/C48H74O14/c1-11-25(2)43-28(5)17-18-47(62-43)23-34-20-33(61-47)16-15-27(4)42(26(3)13-12-14-32-24-55-45-40(49)29(6)19-35(46(51)58-34)48(32,45)52)59-39-22-37(54-10)44(31(8)57-39)60-38-21-36(53-9)41(50)30(7)56-38/h12-15,19,25-26,28-31,33-34,36-45,49-50,52H,11,16-18,20-24H2,1-10H3/b13-12?,27-15+,32-14+/t25-,26-,28-,29?,30-,31-,33+,34-,36-,37-,38-,39-,40+,41+,42-,43+,44-,45+,47+,48+/m0/s1. The molecule has 14 nitrogen and oxygen atoms in total. The van der Waals surface area contributed by atoms with Gasteiger partial charge in [0.1, 0.15) is 30.0 Å². The zero-order valence-electron chi connectivity index (χ0n) is 38.5. The van der Waals surface area contributed by atoms with Gasteiger partial charge in [0.2, 0.25) is 0 Å². The van der Waals surface area contributed by atoms with Crippen LogP contribution in [0.3, 0.4) is 0 Å². The molecule has 0 aromatic heterocycles. The number of rotatable bonds is 8. The van der Waals surface area contributed by atoms with Crippen LogP contribution in [0.2, 0.25) is 0 Å². The van der Waals surface area contributed by atoms with Crippen LogP contribution >= 0.6 is 0 Å². The van der Waals surface area contributed by atoms with Crippen molar-refractivity contribution in [3.8, 4) is 0 Å². The normalized spacial score (nSPS) is 48.9. The third kappa shape index (κ3) is 9.73. The number of aliphatic hydroxyl groups is 3. The van der Waals surface area contributed by atoms with Crippen LogP contribution in [0.5, 0.6) is 0 Å². The predicted molar refractivity (Wildman–Crippen MR) is 227 cm³/mol. The first-order valence-corrected chi connectivity index (χ1v) is 23.2. The number of ether oxygens (including phenoxy) is 10. The van der Waals surface area contributed by atoms with Crippen LogP contribution in [0.4, 0.5) is 0 Å². The third-order valence-corrected chi connectivity index (χ3v) is 14.9. The number of hydrogen-bond donors (Lipinski definition) is 3. The maximum atomic E-state index is 14.3. The minimum absolute atomic E-state index is 0.00895. The highest BCUT2D eigenvalue weighted by molar-refractivity contribution is 5.93. The Morgan fingerprint density at radius 1 is 0.903 bits per heavy atom. The Labute approximate surface area is 368 Å². The highest BCUT2D eigenvalue weighted by Crippen LogP contribution is 2.48. The molecule has 0 amide bonds. The molecule has 1 aliphatic carbocycles. The first-order chi connectivity index (χ1) is 29.5. The maximum absolute atomic E-state index is 14.3. The summed E-state index contributed by atoms with van der Waals surface area (Å²) in [6.45, 7) is 16.3. The molecule has 5 fully saturated rings. The molecule has 7 rings (SSSR count). The number of allylic oxidation sites excluding steroid dienone is 2. The third-order valence-electron chi connectivity index (χ3n) is 14.9. The average molecular weight is 875 g/mol. The molecule has 0 aromatic rings. The van der Waals surface area contributed by atoms with Gasteiger partial charge in [0.15, 0.2) is 18.4 Å². The molecule has 6 heterocycles. The lowest BCUT2D eigenvalue weighted by Crippen LogP contribution is -2.56. The van der Waals surface area contributed by atoms with E-state index < -0.39 is 90.8 Å². The molecule has 0 radical (unpaired) electrons. The van der Waals surface area contributed by atoms with Crippen molar-refractivity contribution in [2.75, 3.05) is 20.8 Å². The lowest BCUT2D eigenvalue weighted by Gasteiger charge is -2.51. The van der Waals surface area contributed by atoms with E-state index in [1.165, 1.54) is 0 Å². The van der Waals surface area contributed by atoms with Gasteiger partial charge >= 0.3 is 5.97 Å². The van der Waals surface area contributed by atoms with E-state index >= 15 is 0 Å². The highest BCUT2D eigenvalue weighted by Gasteiger charge is 2.59. The van der Waals surface area contributed by atoms with Crippen molar-refractivity contribution in [1.29, 1.82) is 0 Å². The largest absolute Gasteiger partial charge is 0.459 e. The second kappa shape index (κ2) is 19.8. The quantitative estimate of drug-likeness (QED) is 0.204. The van der Waals surface area contributed by atoms with Gasteiger partial charge in [-0.05, 0) is 56.6 Å². The summed E-state index contributed by atoms with van der Waals surface area (Å²) in [5.41, 5.74) is -0.365. The molecule has 1 spiro atoms. The van der Waals surface area contributed by atoms with Crippen molar-refractivity contribution in [2.24, 2.45) is 23.7 Å². The van der Waals surface area contributed by atoms with Crippen molar-refractivity contribution in [3.63, 3.8) is 0 Å². The van der Waals surface area contributed by atoms with E-state index in [4.69, 9.17) is 47.4 Å². The fourth-order valence-electron chi connectivity index (χ4n) is 10.9. The first kappa shape index (κ1) is 47.9. The van der Waals surface area contributed by atoms with Crippen LogP contribution in [0, 0.1) is 23.7 Å². The van der Waals surface area contributed by atoms with Gasteiger partial charge in [0.25, 0.3) is 0 Å². The van der Waals surface area contributed by atoms with Crippen molar-refractivity contribution >= 4 is 5.97 Å². The summed E-state index contributed by atoms with van der Waals surface area (Å²) in [4.78, 5) is 14.3. The van der Waals surface area contributed by atoms with E-state index in [0.717, 1.165) is 18.4 Å². The van der Waals surface area contributed by atoms with E-state index in [9.17, 15) is 20.1 Å². The number of esters is 1. The van der Waals surface area contributed by atoms with Crippen LogP contribution < -0.4 is 0 Å². The van der Waals surface area contributed by atoms with Crippen molar-refractivity contribution in [3.05, 3.63) is 47.1 Å². The van der Waals surface area contributed by atoms with Crippen LogP contribution in [0.1, 0.15) is 107 Å². The van der Waals surface area contributed by atoms with Crippen LogP contribution in [-0.4, -0.2) is 139 Å². The summed E-state index contributed by atoms with van der Waals surface area (Å²) in [6, 6.07) is 0. The van der Waals surface area contributed by atoms with E-state index in [1.54, 1.807) is 33.3 Å². The average Bonchev–Trinajstić information content (AvgIpc) is 3.58. The van der Waals surface area contributed by atoms with Crippen molar-refractivity contribution in [2.45, 2.75) is 204 Å². The molecule has 7 aliphatic rings. The van der Waals surface area contributed by atoms with Gasteiger partial charge in [-0.1, -0.05) is 71.4 Å². The molecular formula is C48H74O14. The van der Waals surface area contributed by atoms with Crippen LogP contribution in [0.15, 0.2) is 47.1 Å². The second-order valence-corrected chi connectivity index (χ2v) is 19.4. The summed E-state index contributed by atoms with van der Waals surface area (Å²) >= 11 is 0. The summed E-state index contributed by atoms with van der Waals surface area (Å²) in [6.07, 6.45) is 6.53. The van der Waals surface area contributed by atoms with E-state index in [2.05, 4.69) is 40.7 Å². The Kier molecular flexibility index (Phi) is 15.3. The molecule has 0 saturated carbocycles. The number of hydrogen-bond acceptors (Lipinski definition) is 14. The molecule has 14 heteroatoms. The van der Waals surface area contributed by atoms with Gasteiger partial charge < -0.3 is 62.7 Å². The number of aliphatic hydroxyl groups excluding tert-OH is 2. The Hall–Kier alpha value is -2.05. The molecule has 1 unspecified atom stereocenters. The SMILES string of the molecule is CC[C@H](C)[C@H]1O[C@]2(CC[C@@H]1C)C[C@@H]1C[C@@H](C/C=C(\C)[C@@H](O[C@H]3C[C@H](OC)[C@@H](O[C@H]4C[C@H](OC)[C@H](O)[C@H](C)O4)[C@H](C)O3)[C@@H](C)C=C/C=C3\CO[C@@H]4[C@H](O)C(C)C=C(C(=O)O1)[C@]34O)O2. The van der Waals surface area contributed by atoms with E-state index in [1.807, 2.05) is 26.0 Å². The van der Waals surface area contributed by atoms with E-state index in [0.29, 0.717) is 55.9 Å². The second-order valence-electron chi connectivity index (χ2n) is 19.4. The Morgan fingerprint density at radius 3 is 2.34 bits per heavy atom.